The van der Waals surface area contributed by atoms with Gasteiger partial charge in [0.2, 0.25) is 0 Å². The second-order valence-corrected chi connectivity index (χ2v) is 9.08. The van der Waals surface area contributed by atoms with Gasteiger partial charge in [-0.15, -0.1) is 0 Å². The topological polar surface area (TPSA) is 215 Å². The SMILES string of the molecule is OCC(O)C(O)C(O)C(O)CN(CCOc1ccc(CS)c(CS)c1)CC(O)C(O)C(O)C(O)CO. The van der Waals surface area contributed by atoms with Gasteiger partial charge in [0.25, 0.3) is 0 Å². The van der Waals surface area contributed by atoms with Crippen LogP contribution in [0, 0.1) is 0 Å². The summed E-state index contributed by atoms with van der Waals surface area (Å²) in [6.45, 7) is -2.38. The van der Waals surface area contributed by atoms with Gasteiger partial charge >= 0.3 is 0 Å². The highest BCUT2D eigenvalue weighted by Gasteiger charge is 2.34. The maximum atomic E-state index is 10.4. The Bertz CT molecular complexity index is 720. The van der Waals surface area contributed by atoms with Gasteiger partial charge in [-0.2, -0.15) is 25.3 Å². The van der Waals surface area contributed by atoms with E-state index in [0.29, 0.717) is 17.3 Å². The molecular weight excluding hydrogens is 518 g/mol. The highest BCUT2D eigenvalue weighted by molar-refractivity contribution is 7.79. The van der Waals surface area contributed by atoms with Crippen molar-refractivity contribution in [2.75, 3.05) is 39.5 Å². The van der Waals surface area contributed by atoms with Gasteiger partial charge in [0.1, 0.15) is 49.0 Å². The maximum absolute atomic E-state index is 10.4. The average Bonchev–Trinajstić information content (AvgIpc) is 2.89. The van der Waals surface area contributed by atoms with Gasteiger partial charge in [-0.3, -0.25) is 4.90 Å². The van der Waals surface area contributed by atoms with Crippen molar-refractivity contribution in [1.82, 2.24) is 4.90 Å². The predicted molar refractivity (Wildman–Crippen MR) is 136 cm³/mol. The fourth-order valence-electron chi connectivity index (χ4n) is 3.41. The number of benzene rings is 1. The van der Waals surface area contributed by atoms with E-state index in [1.807, 2.05) is 6.07 Å². The number of rotatable bonds is 18. The van der Waals surface area contributed by atoms with E-state index >= 15 is 0 Å². The van der Waals surface area contributed by atoms with Crippen molar-refractivity contribution in [3.05, 3.63) is 29.3 Å². The van der Waals surface area contributed by atoms with Crippen molar-refractivity contribution >= 4 is 25.3 Å². The van der Waals surface area contributed by atoms with Crippen molar-refractivity contribution < 1.29 is 55.8 Å². The van der Waals surface area contributed by atoms with E-state index in [1.165, 1.54) is 4.90 Å². The molecule has 0 bridgehead atoms. The lowest BCUT2D eigenvalue weighted by Gasteiger charge is -2.33. The number of thiol groups is 2. The number of ether oxygens (including phenoxy) is 1. The van der Waals surface area contributed by atoms with Gasteiger partial charge in [0.05, 0.1) is 25.4 Å². The molecular formula is C22H39NO11S2. The molecule has 8 unspecified atom stereocenters. The zero-order chi connectivity index (χ0) is 27.4. The molecule has 1 aromatic carbocycles. The first kappa shape index (κ1) is 33.3. The van der Waals surface area contributed by atoms with E-state index in [0.717, 1.165) is 11.1 Å². The van der Waals surface area contributed by atoms with Crippen LogP contribution in [0.3, 0.4) is 0 Å². The summed E-state index contributed by atoms with van der Waals surface area (Å²) in [7, 11) is 0. The van der Waals surface area contributed by atoms with E-state index in [9.17, 15) is 40.9 Å². The first-order valence-electron chi connectivity index (χ1n) is 11.4. The molecule has 0 spiro atoms. The van der Waals surface area contributed by atoms with E-state index < -0.39 is 62.0 Å². The molecule has 0 aliphatic rings. The van der Waals surface area contributed by atoms with Crippen LogP contribution in [-0.4, -0.2) is 144 Å². The van der Waals surface area contributed by atoms with Gasteiger partial charge in [-0.25, -0.2) is 0 Å². The van der Waals surface area contributed by atoms with Gasteiger partial charge in [-0.1, -0.05) is 6.07 Å². The molecule has 36 heavy (non-hydrogen) atoms. The highest BCUT2D eigenvalue weighted by atomic mass is 32.1. The van der Waals surface area contributed by atoms with Crippen molar-refractivity contribution in [2.24, 2.45) is 0 Å². The van der Waals surface area contributed by atoms with E-state index in [2.05, 4.69) is 25.3 Å². The van der Waals surface area contributed by atoms with E-state index in [-0.39, 0.29) is 26.2 Å². The molecule has 1 rings (SSSR count). The summed E-state index contributed by atoms with van der Waals surface area (Å²) in [4.78, 5) is 1.36. The summed E-state index contributed by atoms with van der Waals surface area (Å²) < 4.78 is 5.74. The second-order valence-electron chi connectivity index (χ2n) is 8.45. The third-order valence-electron chi connectivity index (χ3n) is 5.74. The molecule has 0 amide bonds. The summed E-state index contributed by atoms with van der Waals surface area (Å²) >= 11 is 8.55. The lowest BCUT2D eigenvalue weighted by molar-refractivity contribution is -0.130. The number of aliphatic hydroxyl groups is 10. The molecule has 1 aromatic rings. The van der Waals surface area contributed by atoms with Crippen molar-refractivity contribution in [3.63, 3.8) is 0 Å². The number of hydrogen-bond donors (Lipinski definition) is 12. The zero-order valence-corrected chi connectivity index (χ0v) is 21.5. The minimum atomic E-state index is -1.86. The Morgan fingerprint density at radius 3 is 1.53 bits per heavy atom. The third-order valence-corrected chi connectivity index (χ3v) is 6.42. The van der Waals surface area contributed by atoms with Crippen LogP contribution >= 0.6 is 25.3 Å². The number of aliphatic hydroxyl groups excluding tert-OH is 10. The largest absolute Gasteiger partial charge is 0.492 e. The molecule has 14 heteroatoms. The molecule has 12 nitrogen and oxygen atoms in total. The van der Waals surface area contributed by atoms with Gasteiger partial charge in [0, 0.05) is 31.1 Å². The molecule has 0 saturated heterocycles. The summed E-state index contributed by atoms with van der Waals surface area (Å²) in [5.74, 6) is 1.52. The quantitative estimate of drug-likeness (QED) is 0.0781. The molecule has 210 valence electrons. The number of nitrogens with zero attached hydrogens (tertiary/aromatic N) is 1. The van der Waals surface area contributed by atoms with Gasteiger partial charge < -0.3 is 55.8 Å². The molecule has 8 atom stereocenters. The van der Waals surface area contributed by atoms with Crippen LogP contribution in [0.5, 0.6) is 5.75 Å². The minimum Gasteiger partial charge on any atom is -0.492 e. The predicted octanol–water partition coefficient (Wildman–Crippen LogP) is -3.90. The lowest BCUT2D eigenvalue weighted by Crippen LogP contribution is -2.53. The molecule has 0 aliphatic carbocycles. The smallest absolute Gasteiger partial charge is 0.119 e. The standard InChI is InChI=1S/C22H39NO11S2/c24-8-17(28)21(32)19(30)15(26)6-23(7-16(27)20(31)22(33)18(29)9-25)3-4-34-14-2-1-12(10-35)13(5-14)11-36/h1-2,5,15-22,24-33,35-36H,3-4,6-11H2. The monoisotopic (exact) mass is 557 g/mol. The van der Waals surface area contributed by atoms with E-state index in [1.54, 1.807) is 12.1 Å². The molecule has 0 aromatic heterocycles. The van der Waals surface area contributed by atoms with Crippen LogP contribution in [0.4, 0.5) is 0 Å². The Labute approximate surface area is 220 Å². The van der Waals surface area contributed by atoms with Crippen LogP contribution in [0.15, 0.2) is 18.2 Å². The van der Waals surface area contributed by atoms with Crippen LogP contribution in [0.25, 0.3) is 0 Å². The number of hydrogen-bond acceptors (Lipinski definition) is 14. The summed E-state index contributed by atoms with van der Waals surface area (Å²) in [5, 5.41) is 97.7. The Morgan fingerprint density at radius 2 is 1.11 bits per heavy atom. The third kappa shape index (κ3) is 10.2. The second kappa shape index (κ2) is 17.0. The summed E-state index contributed by atoms with van der Waals surface area (Å²) in [6, 6.07) is 5.37. The Balaban J connectivity index is 2.91. The van der Waals surface area contributed by atoms with E-state index in [4.69, 9.17) is 14.9 Å². The molecule has 0 saturated carbocycles. The van der Waals surface area contributed by atoms with Crippen molar-refractivity contribution in [2.45, 2.75) is 60.3 Å². The van der Waals surface area contributed by atoms with Crippen LogP contribution in [0.1, 0.15) is 11.1 Å². The molecule has 0 fully saturated rings. The fourth-order valence-corrected chi connectivity index (χ4v) is 4.02. The van der Waals surface area contributed by atoms with Crippen LogP contribution in [0.2, 0.25) is 0 Å². The fraction of sp³-hybridized carbons (Fsp3) is 0.727. The first-order valence-corrected chi connectivity index (χ1v) is 12.6. The van der Waals surface area contributed by atoms with Crippen LogP contribution in [-0.2, 0) is 11.5 Å². The summed E-state index contributed by atoms with van der Waals surface area (Å²) in [6.07, 6.45) is -14.1. The van der Waals surface area contributed by atoms with Crippen LogP contribution < -0.4 is 4.74 Å². The minimum absolute atomic E-state index is 0.0293. The van der Waals surface area contributed by atoms with Gasteiger partial charge in [0.15, 0.2) is 0 Å². The maximum Gasteiger partial charge on any atom is 0.119 e. The Kier molecular flexibility index (Phi) is 15.7. The Hall–Kier alpha value is -0.720. The normalized spacial score (nSPS) is 18.8. The van der Waals surface area contributed by atoms with Gasteiger partial charge in [-0.05, 0) is 23.3 Å². The zero-order valence-electron chi connectivity index (χ0n) is 19.7. The highest BCUT2D eigenvalue weighted by Crippen LogP contribution is 2.21. The molecule has 0 heterocycles. The molecule has 10 N–H and O–H groups in total. The Morgan fingerprint density at radius 1 is 0.667 bits per heavy atom. The molecule has 0 radical (unpaired) electrons. The molecule has 0 aliphatic heterocycles. The first-order chi connectivity index (χ1) is 17.0. The van der Waals surface area contributed by atoms with Crippen molar-refractivity contribution in [3.8, 4) is 5.75 Å². The van der Waals surface area contributed by atoms with Crippen molar-refractivity contribution in [1.29, 1.82) is 0 Å². The average molecular weight is 558 g/mol. The lowest BCUT2D eigenvalue weighted by atomic mass is 10.0. The summed E-state index contributed by atoms with van der Waals surface area (Å²) in [5.41, 5.74) is 1.91.